The Morgan fingerprint density at radius 2 is 1.14 bits per heavy atom. The fourth-order valence-corrected chi connectivity index (χ4v) is 8.48. The van der Waals surface area contributed by atoms with E-state index in [4.69, 9.17) is 0 Å². The van der Waals surface area contributed by atoms with Gasteiger partial charge in [0.2, 0.25) is 0 Å². The third-order valence-corrected chi connectivity index (χ3v) is 10.7. The zero-order chi connectivity index (χ0) is 19.5. The average molecular weight is 387 g/mol. The Balaban J connectivity index is 1.22. The first-order chi connectivity index (χ1) is 13.7. The van der Waals surface area contributed by atoms with E-state index in [9.17, 15) is 0 Å². The first-order valence-corrected chi connectivity index (χ1v) is 13.7. The topological polar surface area (TPSA) is 0 Å². The van der Waals surface area contributed by atoms with Gasteiger partial charge >= 0.3 is 0 Å². The maximum absolute atomic E-state index is 2.38. The van der Waals surface area contributed by atoms with Crippen LogP contribution in [0.5, 0.6) is 0 Å². The molecule has 28 heavy (non-hydrogen) atoms. The molecule has 0 aliphatic heterocycles. The Bertz CT molecular complexity index is 436. The molecule has 0 aromatic heterocycles. The van der Waals surface area contributed by atoms with Crippen LogP contribution in [0.3, 0.4) is 0 Å². The molecule has 0 spiro atoms. The Morgan fingerprint density at radius 3 is 1.68 bits per heavy atom. The van der Waals surface area contributed by atoms with Gasteiger partial charge in [0.15, 0.2) is 0 Å². The third kappa shape index (κ3) is 4.51. The summed E-state index contributed by atoms with van der Waals surface area (Å²) >= 11 is 0. The first-order valence-electron chi connectivity index (χ1n) is 13.7. The van der Waals surface area contributed by atoms with Crippen LogP contribution in [-0.2, 0) is 0 Å². The molecule has 2 bridgehead atoms. The van der Waals surface area contributed by atoms with Crippen molar-refractivity contribution in [3.63, 3.8) is 0 Å². The lowest BCUT2D eigenvalue weighted by atomic mass is 9.47. The lowest BCUT2D eigenvalue weighted by Gasteiger charge is -2.58. The number of unbranched alkanes of at least 4 members (excludes halogenated alkanes) is 2. The van der Waals surface area contributed by atoms with Crippen LogP contribution in [0.15, 0.2) is 0 Å². The molecule has 0 heterocycles. The summed E-state index contributed by atoms with van der Waals surface area (Å²) in [7, 11) is 0. The molecule has 162 valence electrons. The number of hydrogen-bond acceptors (Lipinski definition) is 0. The van der Waals surface area contributed by atoms with Crippen LogP contribution in [0.4, 0.5) is 0 Å². The highest BCUT2D eigenvalue weighted by Crippen LogP contribution is 2.63. The highest BCUT2D eigenvalue weighted by atomic mass is 14.6. The Morgan fingerprint density at radius 1 is 0.607 bits per heavy atom. The summed E-state index contributed by atoms with van der Waals surface area (Å²) in [6.45, 7) is 4.73. The quantitative estimate of drug-likeness (QED) is 0.390. The second-order valence-electron chi connectivity index (χ2n) is 12.0. The maximum Gasteiger partial charge on any atom is -0.0269 e. The summed E-state index contributed by atoms with van der Waals surface area (Å²) in [5, 5.41) is 0. The summed E-state index contributed by atoms with van der Waals surface area (Å²) < 4.78 is 0. The van der Waals surface area contributed by atoms with Gasteiger partial charge in [0.25, 0.3) is 0 Å². The van der Waals surface area contributed by atoms with Crippen molar-refractivity contribution in [2.24, 2.45) is 34.5 Å². The van der Waals surface area contributed by atoms with E-state index in [1.807, 2.05) is 0 Å². The highest BCUT2D eigenvalue weighted by molar-refractivity contribution is 5.03. The average Bonchev–Trinajstić information content (AvgIpc) is 2.78. The number of rotatable bonds is 8. The minimum Gasteiger partial charge on any atom is -0.0654 e. The molecule has 0 N–H and O–H groups in total. The minimum atomic E-state index is 0.797. The Hall–Kier alpha value is 0. The minimum absolute atomic E-state index is 0.797. The summed E-state index contributed by atoms with van der Waals surface area (Å²) in [4.78, 5) is 0. The molecule has 0 aromatic rings. The van der Waals surface area contributed by atoms with Crippen molar-refractivity contribution in [2.45, 2.75) is 142 Å². The molecule has 0 saturated heterocycles. The van der Waals surface area contributed by atoms with Gasteiger partial charge in [-0.15, -0.1) is 0 Å². The molecule has 0 heteroatoms. The first kappa shape index (κ1) is 21.2. The van der Waals surface area contributed by atoms with Gasteiger partial charge in [0.05, 0.1) is 0 Å². The van der Waals surface area contributed by atoms with Crippen LogP contribution < -0.4 is 0 Å². The number of hydrogen-bond donors (Lipinski definition) is 0. The predicted octanol–water partition coefficient (Wildman–Crippen LogP) is 9.32. The molecule has 0 radical (unpaired) electrons. The molecular weight excluding hydrogens is 336 g/mol. The highest BCUT2D eigenvalue weighted by Gasteiger charge is 2.51. The Kier molecular flexibility index (Phi) is 7.15. The fraction of sp³-hybridized carbons (Fsp3) is 1.00. The predicted molar refractivity (Wildman–Crippen MR) is 123 cm³/mol. The SMILES string of the molecule is CCCCC1CCC(C2CCC(C34CCC(CCCC)(CC3)CC4)CC2)CC1. The molecule has 5 aliphatic carbocycles. The molecule has 5 fully saturated rings. The standard InChI is InChI=1S/C28H50/c1-3-5-7-23-8-10-24(11-9-23)25-12-14-26(15-13-25)28-20-17-27(18-21-28,19-22-28)16-6-4-2/h23-26H,3-22H2,1-2H3. The van der Waals surface area contributed by atoms with E-state index in [1.54, 1.807) is 96.3 Å². The second-order valence-corrected chi connectivity index (χ2v) is 12.0. The largest absolute Gasteiger partial charge is 0.0654 e. The molecule has 0 atom stereocenters. The van der Waals surface area contributed by atoms with Crippen molar-refractivity contribution in [1.29, 1.82) is 0 Å². The molecule has 5 saturated carbocycles. The summed E-state index contributed by atoms with van der Waals surface area (Å²) in [5.41, 5.74) is 1.60. The van der Waals surface area contributed by atoms with Crippen LogP contribution in [-0.4, -0.2) is 0 Å². The van der Waals surface area contributed by atoms with Crippen molar-refractivity contribution in [3.05, 3.63) is 0 Å². The van der Waals surface area contributed by atoms with Gasteiger partial charge in [-0.3, -0.25) is 0 Å². The summed E-state index contributed by atoms with van der Waals surface area (Å²) in [6, 6.07) is 0. The van der Waals surface area contributed by atoms with E-state index >= 15 is 0 Å². The summed E-state index contributed by atoms with van der Waals surface area (Å²) in [5.74, 6) is 4.41. The van der Waals surface area contributed by atoms with E-state index in [1.165, 1.54) is 32.1 Å². The monoisotopic (exact) mass is 386 g/mol. The van der Waals surface area contributed by atoms with E-state index in [0.29, 0.717) is 0 Å². The fourth-order valence-electron chi connectivity index (χ4n) is 8.48. The summed E-state index contributed by atoms with van der Waals surface area (Å²) in [6.07, 6.45) is 31.1. The lowest BCUT2D eigenvalue weighted by molar-refractivity contribution is -0.0678. The molecule has 0 aromatic carbocycles. The van der Waals surface area contributed by atoms with Crippen molar-refractivity contribution in [2.75, 3.05) is 0 Å². The lowest BCUT2D eigenvalue weighted by Crippen LogP contribution is -2.46. The molecule has 0 nitrogen and oxygen atoms in total. The zero-order valence-corrected chi connectivity index (χ0v) is 19.5. The molecular formula is C28H50. The van der Waals surface area contributed by atoms with E-state index < -0.39 is 0 Å². The van der Waals surface area contributed by atoms with Gasteiger partial charge < -0.3 is 0 Å². The Labute approximate surface area is 177 Å². The van der Waals surface area contributed by atoms with Crippen molar-refractivity contribution in [1.82, 2.24) is 0 Å². The van der Waals surface area contributed by atoms with Crippen molar-refractivity contribution in [3.8, 4) is 0 Å². The van der Waals surface area contributed by atoms with Crippen LogP contribution in [0.25, 0.3) is 0 Å². The third-order valence-electron chi connectivity index (χ3n) is 10.7. The molecule has 0 amide bonds. The molecule has 5 aliphatic rings. The van der Waals surface area contributed by atoms with Gasteiger partial charge in [0.1, 0.15) is 0 Å². The van der Waals surface area contributed by atoms with E-state index in [2.05, 4.69) is 13.8 Å². The number of fused-ring (bicyclic) bond motifs is 3. The van der Waals surface area contributed by atoms with Crippen LogP contribution in [0, 0.1) is 34.5 Å². The van der Waals surface area contributed by atoms with Gasteiger partial charge in [-0.05, 0) is 118 Å². The van der Waals surface area contributed by atoms with Crippen molar-refractivity contribution < 1.29 is 0 Å². The van der Waals surface area contributed by atoms with Crippen LogP contribution in [0.2, 0.25) is 0 Å². The zero-order valence-electron chi connectivity index (χ0n) is 19.5. The molecule has 0 unspecified atom stereocenters. The van der Waals surface area contributed by atoms with Gasteiger partial charge in [-0.25, -0.2) is 0 Å². The smallest absolute Gasteiger partial charge is 0.0269 e. The van der Waals surface area contributed by atoms with Crippen molar-refractivity contribution >= 4 is 0 Å². The van der Waals surface area contributed by atoms with E-state index in [-0.39, 0.29) is 0 Å². The second kappa shape index (κ2) is 9.43. The van der Waals surface area contributed by atoms with Crippen LogP contribution >= 0.6 is 0 Å². The molecule has 5 rings (SSSR count). The van der Waals surface area contributed by atoms with Crippen LogP contribution in [0.1, 0.15) is 142 Å². The maximum atomic E-state index is 2.38. The van der Waals surface area contributed by atoms with Gasteiger partial charge in [-0.2, -0.15) is 0 Å². The van der Waals surface area contributed by atoms with Gasteiger partial charge in [0, 0.05) is 0 Å². The van der Waals surface area contributed by atoms with E-state index in [0.717, 1.165) is 34.5 Å². The van der Waals surface area contributed by atoms with Gasteiger partial charge in [-0.1, -0.05) is 58.8 Å². The normalized spacial score (nSPS) is 43.9.